The molecule has 0 saturated carbocycles. The number of nitrogens with one attached hydrogen (secondary N) is 1. The van der Waals surface area contributed by atoms with Gasteiger partial charge in [0.2, 0.25) is 5.75 Å². The second-order valence-corrected chi connectivity index (χ2v) is 7.64. The van der Waals surface area contributed by atoms with E-state index in [2.05, 4.69) is 5.32 Å². The molecule has 0 spiro atoms. The molecule has 7 nitrogen and oxygen atoms in total. The Kier molecular flexibility index (Phi) is 5.83. The number of hydrogen-bond donors (Lipinski definition) is 1. The quantitative estimate of drug-likeness (QED) is 0.536. The number of thiophene rings is 1. The van der Waals surface area contributed by atoms with Crippen molar-refractivity contribution in [2.75, 3.05) is 31.5 Å². The number of carbonyl (C=O) groups is 2. The Balaban J connectivity index is 1.81. The van der Waals surface area contributed by atoms with Crippen molar-refractivity contribution in [2.24, 2.45) is 0 Å². The van der Waals surface area contributed by atoms with E-state index >= 15 is 0 Å². The predicted molar refractivity (Wildman–Crippen MR) is 120 cm³/mol. The van der Waals surface area contributed by atoms with Gasteiger partial charge < -0.3 is 19.5 Å². The lowest BCUT2D eigenvalue weighted by atomic mass is 10.1. The highest BCUT2D eigenvalue weighted by Gasteiger charge is 2.41. The van der Waals surface area contributed by atoms with E-state index in [1.165, 1.54) is 50.9 Å². The summed E-state index contributed by atoms with van der Waals surface area (Å²) in [5.74, 6) is -0.538. The van der Waals surface area contributed by atoms with Crippen LogP contribution in [0.4, 0.5) is 15.8 Å². The van der Waals surface area contributed by atoms with Gasteiger partial charge in [-0.15, -0.1) is 11.3 Å². The van der Waals surface area contributed by atoms with Crippen molar-refractivity contribution in [1.29, 1.82) is 0 Å². The third kappa shape index (κ3) is 3.67. The van der Waals surface area contributed by atoms with E-state index in [-0.39, 0.29) is 17.0 Å². The highest BCUT2D eigenvalue weighted by atomic mass is 32.1. The minimum atomic E-state index is -0.599. The van der Waals surface area contributed by atoms with Gasteiger partial charge >= 0.3 is 0 Å². The summed E-state index contributed by atoms with van der Waals surface area (Å²) in [6.07, 6.45) is 0. The molecule has 164 valence electrons. The fourth-order valence-corrected chi connectivity index (χ4v) is 4.21. The molecule has 2 heterocycles. The standard InChI is InChI=1S/C23H19FN2O5S/c1-29-16-11-14(12-17(30-2)21(16)31-3)25-20-19(18-8-5-9-32-18)22(27)26(23(20)28)15-7-4-6-13(24)10-15/h4-12,25H,1-3H3. The number of methoxy groups -OCH3 is 3. The molecule has 1 aliphatic rings. The fourth-order valence-electron chi connectivity index (χ4n) is 3.44. The number of hydrogen-bond acceptors (Lipinski definition) is 7. The van der Waals surface area contributed by atoms with Crippen molar-refractivity contribution in [2.45, 2.75) is 0 Å². The van der Waals surface area contributed by atoms with Gasteiger partial charge in [0.05, 0.1) is 32.6 Å². The van der Waals surface area contributed by atoms with Crippen molar-refractivity contribution in [3.63, 3.8) is 0 Å². The molecule has 0 fully saturated rings. The smallest absolute Gasteiger partial charge is 0.282 e. The molecule has 1 aliphatic heterocycles. The third-order valence-electron chi connectivity index (χ3n) is 4.85. The minimum Gasteiger partial charge on any atom is -0.493 e. The third-order valence-corrected chi connectivity index (χ3v) is 5.74. The molecule has 2 aromatic carbocycles. The Labute approximate surface area is 187 Å². The predicted octanol–water partition coefficient (Wildman–Crippen LogP) is 4.31. The van der Waals surface area contributed by atoms with Crippen molar-refractivity contribution in [3.8, 4) is 17.2 Å². The van der Waals surface area contributed by atoms with Crippen molar-refractivity contribution < 1.29 is 28.2 Å². The molecule has 0 atom stereocenters. The Bertz CT molecular complexity index is 1200. The molecule has 0 bridgehead atoms. The summed E-state index contributed by atoms with van der Waals surface area (Å²) in [6.45, 7) is 0. The van der Waals surface area contributed by atoms with Gasteiger partial charge in [-0.1, -0.05) is 12.1 Å². The summed E-state index contributed by atoms with van der Waals surface area (Å²) in [6, 6.07) is 12.1. The maximum atomic E-state index is 13.8. The number of amides is 2. The highest BCUT2D eigenvalue weighted by molar-refractivity contribution is 7.11. The molecule has 0 radical (unpaired) electrons. The van der Waals surface area contributed by atoms with E-state index in [4.69, 9.17) is 14.2 Å². The molecule has 1 N–H and O–H groups in total. The first-order chi connectivity index (χ1) is 15.5. The molecule has 0 saturated heterocycles. The summed E-state index contributed by atoms with van der Waals surface area (Å²) in [5.41, 5.74) is 0.862. The van der Waals surface area contributed by atoms with Crippen LogP contribution in [0.1, 0.15) is 4.88 Å². The van der Waals surface area contributed by atoms with Gasteiger partial charge in [-0.25, -0.2) is 9.29 Å². The van der Waals surface area contributed by atoms with Crippen LogP contribution in [0.2, 0.25) is 0 Å². The highest BCUT2D eigenvalue weighted by Crippen LogP contribution is 2.42. The van der Waals surface area contributed by atoms with Gasteiger partial charge in [-0.2, -0.15) is 0 Å². The van der Waals surface area contributed by atoms with E-state index in [1.807, 2.05) is 5.38 Å². The van der Waals surface area contributed by atoms with Crippen LogP contribution in [0.3, 0.4) is 0 Å². The first-order valence-corrected chi connectivity index (χ1v) is 10.4. The minimum absolute atomic E-state index is 0.0657. The van der Waals surface area contributed by atoms with Crippen molar-refractivity contribution in [1.82, 2.24) is 0 Å². The summed E-state index contributed by atoms with van der Waals surface area (Å²) < 4.78 is 29.9. The number of ether oxygens (including phenoxy) is 3. The number of imide groups is 1. The molecule has 4 rings (SSSR count). The van der Waals surface area contributed by atoms with E-state index in [0.717, 1.165) is 11.0 Å². The lowest BCUT2D eigenvalue weighted by molar-refractivity contribution is -0.120. The van der Waals surface area contributed by atoms with Crippen molar-refractivity contribution >= 4 is 40.1 Å². The van der Waals surface area contributed by atoms with Crippen LogP contribution >= 0.6 is 11.3 Å². The zero-order chi connectivity index (χ0) is 22.8. The molecule has 0 unspecified atom stereocenters. The van der Waals surface area contributed by atoms with E-state index in [1.54, 1.807) is 24.3 Å². The SMILES string of the molecule is COc1cc(NC2=C(c3cccs3)C(=O)N(c3cccc(F)c3)C2=O)cc(OC)c1OC. The molecule has 2 amide bonds. The second kappa shape index (κ2) is 8.72. The van der Waals surface area contributed by atoms with Gasteiger partial charge in [0.15, 0.2) is 11.5 Å². The summed E-state index contributed by atoms with van der Waals surface area (Å²) >= 11 is 1.32. The zero-order valence-electron chi connectivity index (χ0n) is 17.5. The van der Waals surface area contributed by atoms with Crippen LogP contribution in [0.5, 0.6) is 17.2 Å². The number of carbonyl (C=O) groups excluding carboxylic acids is 2. The maximum Gasteiger partial charge on any atom is 0.282 e. The van der Waals surface area contributed by atoms with Crippen LogP contribution in [0, 0.1) is 5.82 Å². The number of nitrogens with zero attached hydrogens (tertiary/aromatic N) is 1. The second-order valence-electron chi connectivity index (χ2n) is 6.69. The van der Waals surface area contributed by atoms with Crippen molar-refractivity contribution in [3.05, 3.63) is 70.3 Å². The topological polar surface area (TPSA) is 77.1 Å². The zero-order valence-corrected chi connectivity index (χ0v) is 18.3. The number of benzene rings is 2. The molecular formula is C23H19FN2O5S. The summed E-state index contributed by atoms with van der Waals surface area (Å²) in [5, 5.41) is 4.85. The van der Waals surface area contributed by atoms with E-state index in [9.17, 15) is 14.0 Å². The maximum absolute atomic E-state index is 13.8. The molecule has 32 heavy (non-hydrogen) atoms. The van der Waals surface area contributed by atoms with Gasteiger partial charge in [0.1, 0.15) is 11.5 Å². The molecule has 9 heteroatoms. The Morgan fingerprint density at radius 2 is 1.62 bits per heavy atom. The lowest BCUT2D eigenvalue weighted by Gasteiger charge is -2.17. The van der Waals surface area contributed by atoms with Crippen LogP contribution in [-0.4, -0.2) is 33.1 Å². The average Bonchev–Trinajstić information content (AvgIpc) is 3.39. The number of anilines is 2. The van der Waals surface area contributed by atoms with Crippen LogP contribution in [0.15, 0.2) is 59.6 Å². The van der Waals surface area contributed by atoms with Crippen LogP contribution < -0.4 is 24.4 Å². The monoisotopic (exact) mass is 454 g/mol. The summed E-state index contributed by atoms with van der Waals surface area (Å²) in [7, 11) is 4.45. The molecule has 1 aromatic heterocycles. The van der Waals surface area contributed by atoms with Gasteiger partial charge in [-0.05, 0) is 29.6 Å². The van der Waals surface area contributed by atoms with E-state index in [0.29, 0.717) is 27.8 Å². The molecule has 0 aliphatic carbocycles. The number of halogens is 1. The Morgan fingerprint density at radius 3 is 2.19 bits per heavy atom. The average molecular weight is 454 g/mol. The first-order valence-electron chi connectivity index (χ1n) is 9.48. The van der Waals surface area contributed by atoms with Crippen LogP contribution in [-0.2, 0) is 9.59 Å². The lowest BCUT2D eigenvalue weighted by Crippen LogP contribution is -2.32. The molecular weight excluding hydrogens is 435 g/mol. The van der Waals surface area contributed by atoms with Gasteiger partial charge in [-0.3, -0.25) is 9.59 Å². The normalized spacial score (nSPS) is 13.6. The van der Waals surface area contributed by atoms with Gasteiger partial charge in [0.25, 0.3) is 11.8 Å². The largest absolute Gasteiger partial charge is 0.493 e. The number of rotatable bonds is 7. The summed E-state index contributed by atoms with van der Waals surface area (Å²) in [4.78, 5) is 28.2. The Morgan fingerprint density at radius 1 is 0.906 bits per heavy atom. The molecule has 3 aromatic rings. The van der Waals surface area contributed by atoms with E-state index < -0.39 is 17.6 Å². The Hall–Kier alpha value is -3.85. The fraction of sp³-hybridized carbons (Fsp3) is 0.130. The van der Waals surface area contributed by atoms with Gasteiger partial charge in [0, 0.05) is 22.7 Å². The first kappa shape index (κ1) is 21.4. The van der Waals surface area contributed by atoms with Crippen LogP contribution in [0.25, 0.3) is 5.57 Å².